The average Bonchev–Trinajstić information content (AvgIpc) is 2.80. The molecule has 0 spiro atoms. The van der Waals surface area contributed by atoms with Crippen LogP contribution in [0, 0.1) is 6.92 Å². The van der Waals surface area contributed by atoms with E-state index < -0.39 is 0 Å². The number of nitrogens with one attached hydrogen (secondary N) is 3. The number of benzene rings is 2. The number of pyridine rings is 1. The topological polar surface area (TPSA) is 101 Å². The largest absolute Gasteiger partial charge is 0.497 e. The summed E-state index contributed by atoms with van der Waals surface area (Å²) in [7, 11) is 1.63. The number of hydrogen-bond donors (Lipinski definition) is 3. The Morgan fingerprint density at radius 3 is 2.24 bits per heavy atom. The van der Waals surface area contributed by atoms with Gasteiger partial charge in [0.1, 0.15) is 11.6 Å². The molecule has 3 N–H and O–H groups in total. The Kier molecular flexibility index (Phi) is 6.80. The van der Waals surface area contributed by atoms with E-state index in [9.17, 15) is 4.79 Å². The first-order valence-corrected chi connectivity index (χ1v) is 10.8. The van der Waals surface area contributed by atoms with Gasteiger partial charge in [-0.2, -0.15) is 4.98 Å². The molecule has 4 aromatic rings. The molecule has 0 aliphatic rings. The summed E-state index contributed by atoms with van der Waals surface area (Å²) >= 11 is 3.32. The van der Waals surface area contributed by atoms with Crippen molar-refractivity contribution in [2.45, 2.75) is 6.92 Å². The Morgan fingerprint density at radius 1 is 0.879 bits per heavy atom. The molecule has 9 heteroatoms. The predicted molar refractivity (Wildman–Crippen MR) is 133 cm³/mol. The lowest BCUT2D eigenvalue weighted by atomic mass is 10.2. The zero-order valence-electron chi connectivity index (χ0n) is 18.0. The number of carbonyl (C=O) groups excluding carboxylic acids is 1. The van der Waals surface area contributed by atoms with E-state index in [0.29, 0.717) is 23.0 Å². The first-order chi connectivity index (χ1) is 16.0. The normalized spacial score (nSPS) is 10.4. The van der Waals surface area contributed by atoms with Gasteiger partial charge >= 0.3 is 0 Å². The van der Waals surface area contributed by atoms with E-state index in [0.717, 1.165) is 27.3 Å². The monoisotopic (exact) mass is 504 g/mol. The maximum absolute atomic E-state index is 12.4. The molecule has 166 valence electrons. The molecule has 0 unspecified atom stereocenters. The van der Waals surface area contributed by atoms with E-state index >= 15 is 0 Å². The molecule has 0 fully saturated rings. The number of aryl methyl sites for hydroxylation is 1. The number of carbonyl (C=O) groups is 1. The number of amides is 1. The number of nitrogens with zero attached hydrogens (tertiary/aromatic N) is 3. The summed E-state index contributed by atoms with van der Waals surface area (Å²) in [6, 6.07) is 18.5. The molecule has 0 aliphatic heterocycles. The zero-order valence-corrected chi connectivity index (χ0v) is 19.6. The fourth-order valence-corrected chi connectivity index (χ4v) is 3.38. The van der Waals surface area contributed by atoms with E-state index in [1.807, 2.05) is 49.4 Å². The third-order valence-corrected chi connectivity index (χ3v) is 5.02. The van der Waals surface area contributed by atoms with E-state index in [-0.39, 0.29) is 5.91 Å². The van der Waals surface area contributed by atoms with Gasteiger partial charge in [0.05, 0.1) is 12.7 Å². The molecule has 0 saturated heterocycles. The van der Waals surface area contributed by atoms with Crippen LogP contribution < -0.4 is 20.7 Å². The third kappa shape index (κ3) is 6.05. The van der Waals surface area contributed by atoms with Crippen molar-refractivity contribution in [3.8, 4) is 5.75 Å². The minimum Gasteiger partial charge on any atom is -0.497 e. The number of ether oxygens (including phenoxy) is 1. The van der Waals surface area contributed by atoms with Gasteiger partial charge in [-0.05, 0) is 77.5 Å². The van der Waals surface area contributed by atoms with Crippen molar-refractivity contribution in [3.63, 3.8) is 0 Å². The van der Waals surface area contributed by atoms with Gasteiger partial charge in [-0.1, -0.05) is 0 Å². The van der Waals surface area contributed by atoms with E-state index in [2.05, 4.69) is 46.8 Å². The molecule has 0 radical (unpaired) electrons. The zero-order chi connectivity index (χ0) is 23.2. The summed E-state index contributed by atoms with van der Waals surface area (Å²) in [5.41, 5.74) is 3.63. The number of aromatic nitrogens is 3. The number of rotatable bonds is 7. The lowest BCUT2D eigenvalue weighted by molar-refractivity contribution is 0.102. The molecule has 4 rings (SSSR count). The smallest absolute Gasteiger partial charge is 0.257 e. The summed E-state index contributed by atoms with van der Waals surface area (Å²) < 4.78 is 5.93. The van der Waals surface area contributed by atoms with Crippen molar-refractivity contribution >= 4 is 50.7 Å². The highest BCUT2D eigenvalue weighted by atomic mass is 79.9. The first-order valence-electron chi connectivity index (χ1n) is 10.0. The van der Waals surface area contributed by atoms with Gasteiger partial charge in [-0.3, -0.25) is 9.78 Å². The van der Waals surface area contributed by atoms with Crippen LogP contribution in [0.25, 0.3) is 0 Å². The minimum absolute atomic E-state index is 0.235. The Morgan fingerprint density at radius 2 is 1.55 bits per heavy atom. The van der Waals surface area contributed by atoms with Crippen LogP contribution in [0.15, 0.2) is 77.5 Å². The van der Waals surface area contributed by atoms with Crippen LogP contribution in [0.5, 0.6) is 5.75 Å². The summed E-state index contributed by atoms with van der Waals surface area (Å²) in [4.78, 5) is 25.4. The molecule has 33 heavy (non-hydrogen) atoms. The maximum Gasteiger partial charge on any atom is 0.257 e. The second-order valence-corrected chi connectivity index (χ2v) is 8.04. The highest BCUT2D eigenvalue weighted by molar-refractivity contribution is 9.10. The summed E-state index contributed by atoms with van der Waals surface area (Å²) in [6.45, 7) is 1.90. The second-order valence-electron chi connectivity index (χ2n) is 7.12. The van der Waals surface area contributed by atoms with Crippen molar-refractivity contribution < 1.29 is 9.53 Å². The lowest BCUT2D eigenvalue weighted by Gasteiger charge is -2.11. The predicted octanol–water partition coefficient (Wildman–Crippen LogP) is 5.69. The quantitative estimate of drug-likeness (QED) is 0.297. The van der Waals surface area contributed by atoms with Crippen molar-refractivity contribution in [3.05, 3.63) is 88.8 Å². The van der Waals surface area contributed by atoms with Crippen LogP contribution >= 0.6 is 15.9 Å². The van der Waals surface area contributed by atoms with Crippen LogP contribution in [0.3, 0.4) is 0 Å². The minimum atomic E-state index is -0.235. The number of halogens is 1. The first kappa shape index (κ1) is 22.2. The Labute approximate surface area is 199 Å². The van der Waals surface area contributed by atoms with Crippen molar-refractivity contribution in [1.82, 2.24) is 15.0 Å². The Balaban J connectivity index is 1.42. The van der Waals surface area contributed by atoms with Crippen LogP contribution in [0.1, 0.15) is 16.1 Å². The van der Waals surface area contributed by atoms with E-state index in [1.165, 1.54) is 6.20 Å². The summed E-state index contributed by atoms with van der Waals surface area (Å²) in [5, 5.41) is 9.32. The standard InChI is InChI=1S/C24H21BrN6O2/c1-15-11-22(28-18-7-9-21(33-2)10-8-18)31-24(27-15)30-20-5-3-19(4-6-20)29-23(32)16-12-17(25)14-26-13-16/h3-14H,1-2H3,(H,29,32)(H2,27,28,30,31). The maximum atomic E-state index is 12.4. The van der Waals surface area contributed by atoms with Gasteiger partial charge in [0, 0.05) is 45.7 Å². The molecule has 1 amide bonds. The number of methoxy groups -OCH3 is 1. The van der Waals surface area contributed by atoms with Crippen LogP contribution in [-0.4, -0.2) is 28.0 Å². The lowest BCUT2D eigenvalue weighted by Crippen LogP contribution is -2.12. The average molecular weight is 505 g/mol. The summed E-state index contributed by atoms with van der Waals surface area (Å²) in [6.07, 6.45) is 3.14. The number of hydrogen-bond acceptors (Lipinski definition) is 7. The fraction of sp³-hybridized carbons (Fsp3) is 0.0833. The molecule has 2 heterocycles. The number of anilines is 5. The third-order valence-electron chi connectivity index (χ3n) is 4.58. The fourth-order valence-electron chi connectivity index (χ4n) is 3.02. The molecule has 0 aliphatic carbocycles. The highest BCUT2D eigenvalue weighted by Gasteiger charge is 2.08. The molecular weight excluding hydrogens is 484 g/mol. The summed E-state index contributed by atoms with van der Waals surface area (Å²) in [5.74, 6) is 1.68. The molecule has 0 atom stereocenters. The van der Waals surface area contributed by atoms with E-state index in [1.54, 1.807) is 31.5 Å². The second kappa shape index (κ2) is 10.1. The SMILES string of the molecule is COc1ccc(Nc2cc(C)nc(Nc3ccc(NC(=O)c4cncc(Br)c4)cc3)n2)cc1. The molecule has 0 saturated carbocycles. The van der Waals surface area contributed by atoms with Gasteiger partial charge in [-0.15, -0.1) is 0 Å². The Hall–Kier alpha value is -3.98. The van der Waals surface area contributed by atoms with Crippen LogP contribution in [0.2, 0.25) is 0 Å². The van der Waals surface area contributed by atoms with Gasteiger partial charge in [0.25, 0.3) is 5.91 Å². The highest BCUT2D eigenvalue weighted by Crippen LogP contribution is 2.22. The van der Waals surface area contributed by atoms with Crippen molar-refractivity contribution in [2.75, 3.05) is 23.1 Å². The van der Waals surface area contributed by atoms with Gasteiger partial charge in [0.15, 0.2) is 0 Å². The molecule has 2 aromatic heterocycles. The molecule has 0 bridgehead atoms. The van der Waals surface area contributed by atoms with E-state index in [4.69, 9.17) is 4.74 Å². The van der Waals surface area contributed by atoms with Crippen molar-refractivity contribution in [1.29, 1.82) is 0 Å². The van der Waals surface area contributed by atoms with Gasteiger partial charge in [-0.25, -0.2) is 4.98 Å². The molecule has 2 aromatic carbocycles. The van der Waals surface area contributed by atoms with Gasteiger partial charge < -0.3 is 20.7 Å². The molecule has 8 nitrogen and oxygen atoms in total. The van der Waals surface area contributed by atoms with Crippen LogP contribution in [-0.2, 0) is 0 Å². The van der Waals surface area contributed by atoms with Crippen LogP contribution in [0.4, 0.5) is 28.8 Å². The van der Waals surface area contributed by atoms with Gasteiger partial charge in [0.2, 0.25) is 5.95 Å². The van der Waals surface area contributed by atoms with Crippen molar-refractivity contribution in [2.24, 2.45) is 0 Å². The molecular formula is C24H21BrN6O2. The Bertz CT molecular complexity index is 1260.